The Hall–Kier alpha value is -0.860. The molecule has 96 valence electrons. The standard InChI is InChI=1S/C15H18ClNO/c16-14-4-2-1-3-13(14)15(18)10-17(12-7-8-12)9-11-5-6-11/h1-4,11-12H,5-10H2. The van der Waals surface area contributed by atoms with Gasteiger partial charge >= 0.3 is 0 Å². The average Bonchev–Trinajstić information content (AvgIpc) is 3.22. The first-order chi connectivity index (χ1) is 8.74. The van der Waals surface area contributed by atoms with E-state index in [1.807, 2.05) is 18.2 Å². The third-order valence-electron chi connectivity index (χ3n) is 3.77. The van der Waals surface area contributed by atoms with Crippen LogP contribution in [0.25, 0.3) is 0 Å². The first-order valence-corrected chi connectivity index (χ1v) is 7.13. The molecule has 1 aromatic rings. The zero-order chi connectivity index (χ0) is 12.5. The van der Waals surface area contributed by atoms with Crippen molar-refractivity contribution >= 4 is 17.4 Å². The minimum atomic E-state index is 0.160. The number of carbonyl (C=O) groups excluding carboxylic acids is 1. The highest BCUT2D eigenvalue weighted by Crippen LogP contribution is 2.35. The summed E-state index contributed by atoms with van der Waals surface area (Å²) in [7, 11) is 0. The summed E-state index contributed by atoms with van der Waals surface area (Å²) in [5.41, 5.74) is 0.667. The van der Waals surface area contributed by atoms with Gasteiger partial charge in [0.25, 0.3) is 0 Å². The van der Waals surface area contributed by atoms with Gasteiger partial charge in [-0.15, -0.1) is 0 Å². The Balaban J connectivity index is 1.66. The molecule has 0 radical (unpaired) electrons. The Labute approximate surface area is 113 Å². The zero-order valence-corrected chi connectivity index (χ0v) is 11.2. The van der Waals surface area contributed by atoms with E-state index < -0.39 is 0 Å². The van der Waals surface area contributed by atoms with E-state index >= 15 is 0 Å². The molecule has 2 aliphatic carbocycles. The highest BCUT2D eigenvalue weighted by atomic mass is 35.5. The molecule has 0 bridgehead atoms. The van der Waals surface area contributed by atoms with Gasteiger partial charge in [-0.3, -0.25) is 9.69 Å². The van der Waals surface area contributed by atoms with Crippen molar-refractivity contribution in [2.45, 2.75) is 31.7 Å². The maximum atomic E-state index is 12.3. The molecular weight excluding hydrogens is 246 g/mol. The maximum absolute atomic E-state index is 12.3. The minimum Gasteiger partial charge on any atom is -0.293 e. The Bertz CT molecular complexity index is 452. The van der Waals surface area contributed by atoms with Crippen molar-refractivity contribution in [1.29, 1.82) is 0 Å². The molecule has 2 aliphatic rings. The molecule has 2 fully saturated rings. The van der Waals surface area contributed by atoms with Crippen LogP contribution < -0.4 is 0 Å². The van der Waals surface area contributed by atoms with E-state index in [-0.39, 0.29) is 5.78 Å². The maximum Gasteiger partial charge on any atom is 0.178 e. The van der Waals surface area contributed by atoms with Crippen LogP contribution in [0.15, 0.2) is 24.3 Å². The van der Waals surface area contributed by atoms with E-state index in [9.17, 15) is 4.79 Å². The third-order valence-corrected chi connectivity index (χ3v) is 4.10. The van der Waals surface area contributed by atoms with Gasteiger partial charge in [0.05, 0.1) is 11.6 Å². The van der Waals surface area contributed by atoms with Crippen LogP contribution in [0.4, 0.5) is 0 Å². The molecule has 0 atom stereocenters. The lowest BCUT2D eigenvalue weighted by Crippen LogP contribution is -2.33. The predicted octanol–water partition coefficient (Wildman–Crippen LogP) is 3.40. The van der Waals surface area contributed by atoms with Crippen LogP contribution in [0.3, 0.4) is 0 Å². The molecule has 0 N–H and O–H groups in total. The van der Waals surface area contributed by atoms with Gasteiger partial charge in [0.2, 0.25) is 0 Å². The van der Waals surface area contributed by atoms with Gasteiger partial charge in [0.15, 0.2) is 5.78 Å². The Morgan fingerprint density at radius 3 is 2.56 bits per heavy atom. The molecule has 0 aliphatic heterocycles. The number of nitrogens with zero attached hydrogens (tertiary/aromatic N) is 1. The van der Waals surface area contributed by atoms with Gasteiger partial charge in [0.1, 0.15) is 0 Å². The Morgan fingerprint density at radius 2 is 1.94 bits per heavy atom. The molecule has 3 heteroatoms. The summed E-state index contributed by atoms with van der Waals surface area (Å²) in [5.74, 6) is 0.998. The lowest BCUT2D eigenvalue weighted by atomic mass is 10.1. The molecule has 0 heterocycles. The predicted molar refractivity (Wildman–Crippen MR) is 73.1 cm³/mol. The number of ketones is 1. The van der Waals surface area contributed by atoms with Crippen LogP contribution >= 0.6 is 11.6 Å². The third kappa shape index (κ3) is 2.93. The molecule has 3 rings (SSSR count). The molecule has 0 saturated heterocycles. The zero-order valence-electron chi connectivity index (χ0n) is 10.4. The number of halogens is 1. The molecule has 0 aromatic heterocycles. The summed E-state index contributed by atoms with van der Waals surface area (Å²) in [6, 6.07) is 8.00. The molecule has 2 nitrogen and oxygen atoms in total. The number of hydrogen-bond donors (Lipinski definition) is 0. The summed E-state index contributed by atoms with van der Waals surface area (Å²) < 4.78 is 0. The molecule has 2 saturated carbocycles. The van der Waals surface area contributed by atoms with Crippen LogP contribution in [0.1, 0.15) is 36.0 Å². The summed E-state index contributed by atoms with van der Waals surface area (Å²) in [6.45, 7) is 1.63. The number of Topliss-reactive ketones (excluding diaryl/α,β-unsaturated/α-hetero) is 1. The van der Waals surface area contributed by atoms with Gasteiger partial charge in [-0.1, -0.05) is 23.7 Å². The van der Waals surface area contributed by atoms with E-state index in [1.54, 1.807) is 6.07 Å². The summed E-state index contributed by atoms with van der Waals surface area (Å²) in [4.78, 5) is 14.6. The van der Waals surface area contributed by atoms with Crippen LogP contribution in [-0.2, 0) is 0 Å². The quantitative estimate of drug-likeness (QED) is 0.733. The van der Waals surface area contributed by atoms with Gasteiger partial charge in [-0.25, -0.2) is 0 Å². The normalized spacial score (nSPS) is 19.2. The second-order valence-corrected chi connectivity index (χ2v) is 5.91. The van der Waals surface area contributed by atoms with E-state index in [0.29, 0.717) is 23.2 Å². The molecular formula is C15H18ClNO. The Kier molecular flexibility index (Phi) is 3.40. The van der Waals surface area contributed by atoms with E-state index in [1.165, 1.54) is 25.7 Å². The molecule has 1 aromatic carbocycles. The van der Waals surface area contributed by atoms with Crippen molar-refractivity contribution in [3.8, 4) is 0 Å². The largest absolute Gasteiger partial charge is 0.293 e. The van der Waals surface area contributed by atoms with Crippen LogP contribution in [-0.4, -0.2) is 29.8 Å². The van der Waals surface area contributed by atoms with E-state index in [2.05, 4.69) is 4.90 Å². The van der Waals surface area contributed by atoms with Gasteiger partial charge in [0, 0.05) is 18.2 Å². The van der Waals surface area contributed by atoms with E-state index in [0.717, 1.165) is 12.5 Å². The molecule has 18 heavy (non-hydrogen) atoms. The number of rotatable bonds is 6. The monoisotopic (exact) mass is 263 g/mol. The van der Waals surface area contributed by atoms with Gasteiger partial charge < -0.3 is 0 Å². The summed E-state index contributed by atoms with van der Waals surface area (Å²) in [6.07, 6.45) is 5.18. The molecule has 0 spiro atoms. The lowest BCUT2D eigenvalue weighted by molar-refractivity contribution is 0.0921. The van der Waals surface area contributed by atoms with Crippen molar-refractivity contribution in [2.24, 2.45) is 5.92 Å². The summed E-state index contributed by atoms with van der Waals surface area (Å²) in [5, 5.41) is 0.574. The Morgan fingerprint density at radius 1 is 1.22 bits per heavy atom. The van der Waals surface area contributed by atoms with Crippen molar-refractivity contribution in [2.75, 3.05) is 13.1 Å². The SMILES string of the molecule is O=C(CN(CC1CC1)C1CC1)c1ccccc1Cl. The highest BCUT2D eigenvalue weighted by Gasteiger charge is 2.34. The van der Waals surface area contributed by atoms with Crippen molar-refractivity contribution < 1.29 is 4.79 Å². The number of carbonyl (C=O) groups is 1. The van der Waals surface area contributed by atoms with Gasteiger partial charge in [-0.05, 0) is 43.7 Å². The molecule has 0 amide bonds. The second kappa shape index (κ2) is 5.02. The average molecular weight is 264 g/mol. The number of benzene rings is 1. The van der Waals surface area contributed by atoms with Crippen LogP contribution in [0, 0.1) is 5.92 Å². The fourth-order valence-electron chi connectivity index (χ4n) is 2.37. The van der Waals surface area contributed by atoms with Crippen molar-refractivity contribution in [1.82, 2.24) is 4.90 Å². The summed E-state index contributed by atoms with van der Waals surface area (Å²) >= 11 is 6.08. The van der Waals surface area contributed by atoms with Crippen molar-refractivity contribution in [3.63, 3.8) is 0 Å². The number of hydrogen-bond acceptors (Lipinski definition) is 2. The fourth-order valence-corrected chi connectivity index (χ4v) is 2.61. The minimum absolute atomic E-state index is 0.160. The first-order valence-electron chi connectivity index (χ1n) is 6.76. The second-order valence-electron chi connectivity index (χ2n) is 5.51. The van der Waals surface area contributed by atoms with Crippen LogP contribution in [0.2, 0.25) is 5.02 Å². The van der Waals surface area contributed by atoms with Crippen LogP contribution in [0.5, 0.6) is 0 Å². The first kappa shape index (κ1) is 12.2. The molecule has 0 unspecified atom stereocenters. The topological polar surface area (TPSA) is 20.3 Å². The smallest absolute Gasteiger partial charge is 0.178 e. The van der Waals surface area contributed by atoms with Crippen molar-refractivity contribution in [3.05, 3.63) is 34.9 Å². The highest BCUT2D eigenvalue weighted by molar-refractivity contribution is 6.34. The fraction of sp³-hybridized carbons (Fsp3) is 0.533. The lowest BCUT2D eigenvalue weighted by Gasteiger charge is -2.21. The van der Waals surface area contributed by atoms with E-state index in [4.69, 9.17) is 11.6 Å². The van der Waals surface area contributed by atoms with Gasteiger partial charge in [-0.2, -0.15) is 0 Å².